The summed E-state index contributed by atoms with van der Waals surface area (Å²) in [4.78, 5) is 2.14. The van der Waals surface area contributed by atoms with Gasteiger partial charge in [-0.25, -0.2) is 0 Å². The van der Waals surface area contributed by atoms with Crippen molar-refractivity contribution in [2.75, 3.05) is 13.1 Å². The molecule has 2 aromatic rings. The Balaban J connectivity index is 2.54. The highest BCUT2D eigenvalue weighted by molar-refractivity contribution is 7.90. The third-order valence-corrected chi connectivity index (χ3v) is 4.62. The number of hydrogen-bond donors (Lipinski definition) is 0. The summed E-state index contributed by atoms with van der Waals surface area (Å²) >= 11 is 0. The zero-order valence-corrected chi connectivity index (χ0v) is 13.6. The van der Waals surface area contributed by atoms with Gasteiger partial charge in [0.05, 0.1) is 4.90 Å². The van der Waals surface area contributed by atoms with E-state index in [0.717, 1.165) is 5.56 Å². The molecule has 0 atom stereocenters. The highest BCUT2D eigenvalue weighted by Crippen LogP contribution is 2.15. The van der Waals surface area contributed by atoms with E-state index in [1.807, 2.05) is 49.1 Å². The maximum absolute atomic E-state index is 12.5. The fraction of sp³-hybridized carbons (Fsp3) is 0.235. The first kappa shape index (κ1) is 16.2. The van der Waals surface area contributed by atoms with E-state index < -0.39 is 10.0 Å². The van der Waals surface area contributed by atoms with Crippen LogP contribution < -0.4 is 0 Å². The van der Waals surface area contributed by atoms with Gasteiger partial charge < -0.3 is 4.90 Å². The van der Waals surface area contributed by atoms with Crippen molar-refractivity contribution < 1.29 is 8.42 Å². The van der Waals surface area contributed by atoms with Gasteiger partial charge in [-0.05, 0) is 26.0 Å². The molecule has 116 valence electrons. The zero-order chi connectivity index (χ0) is 16.0. The van der Waals surface area contributed by atoms with Gasteiger partial charge in [0.25, 0.3) is 10.0 Å². The van der Waals surface area contributed by atoms with E-state index in [1.165, 1.54) is 0 Å². The molecule has 0 radical (unpaired) electrons. The molecule has 4 nitrogen and oxygen atoms in total. The van der Waals surface area contributed by atoms with Gasteiger partial charge in [0.1, 0.15) is 5.84 Å². The van der Waals surface area contributed by atoms with Gasteiger partial charge in [-0.15, -0.1) is 4.40 Å². The molecule has 2 rings (SSSR count). The van der Waals surface area contributed by atoms with Crippen LogP contribution in [0.3, 0.4) is 0 Å². The second kappa shape index (κ2) is 7.22. The van der Waals surface area contributed by atoms with Gasteiger partial charge in [-0.3, -0.25) is 0 Å². The van der Waals surface area contributed by atoms with Crippen molar-refractivity contribution in [3.05, 3.63) is 66.2 Å². The summed E-state index contributed by atoms with van der Waals surface area (Å²) in [7, 11) is -3.73. The molecular weight excluding hydrogens is 296 g/mol. The minimum absolute atomic E-state index is 0.204. The first-order chi connectivity index (χ1) is 10.6. The highest BCUT2D eigenvalue weighted by atomic mass is 32.2. The summed E-state index contributed by atoms with van der Waals surface area (Å²) in [6.07, 6.45) is 0. The molecule has 22 heavy (non-hydrogen) atoms. The number of sulfonamides is 1. The largest absolute Gasteiger partial charge is 0.356 e. The van der Waals surface area contributed by atoms with Gasteiger partial charge in [0.2, 0.25) is 0 Å². The first-order valence-electron chi connectivity index (χ1n) is 7.29. The van der Waals surface area contributed by atoms with Gasteiger partial charge >= 0.3 is 0 Å². The van der Waals surface area contributed by atoms with Crippen LogP contribution in [0.5, 0.6) is 0 Å². The average Bonchev–Trinajstić information content (AvgIpc) is 2.56. The Hall–Kier alpha value is -2.14. The normalized spacial score (nSPS) is 12.2. The van der Waals surface area contributed by atoms with E-state index in [1.54, 1.807) is 30.3 Å². The van der Waals surface area contributed by atoms with Crippen LogP contribution in [0.15, 0.2) is 70.0 Å². The minimum Gasteiger partial charge on any atom is -0.356 e. The molecule has 0 heterocycles. The molecule has 0 aromatic heterocycles. The van der Waals surface area contributed by atoms with E-state index in [-0.39, 0.29) is 4.90 Å². The average molecular weight is 316 g/mol. The van der Waals surface area contributed by atoms with E-state index in [0.29, 0.717) is 18.9 Å². The molecule has 0 N–H and O–H groups in total. The van der Waals surface area contributed by atoms with Crippen LogP contribution in [0.2, 0.25) is 0 Å². The second-order valence-electron chi connectivity index (χ2n) is 4.74. The van der Waals surface area contributed by atoms with Crippen LogP contribution in [0.4, 0.5) is 0 Å². The standard InChI is InChI=1S/C17H20N2O2S/c1-3-19(4-2)17(15-11-7-5-8-12-15)18-22(20,21)16-13-9-6-10-14-16/h5-14H,3-4H2,1-2H3. The van der Waals surface area contributed by atoms with Crippen LogP contribution in [-0.4, -0.2) is 32.2 Å². The van der Waals surface area contributed by atoms with Crippen LogP contribution in [0.25, 0.3) is 0 Å². The van der Waals surface area contributed by atoms with Crippen molar-refractivity contribution in [1.82, 2.24) is 4.90 Å². The summed E-state index contributed by atoms with van der Waals surface area (Å²) in [6.45, 7) is 5.34. The van der Waals surface area contributed by atoms with E-state index in [9.17, 15) is 8.42 Å². The third-order valence-electron chi connectivity index (χ3n) is 3.34. The predicted molar refractivity (Wildman–Crippen MR) is 89.5 cm³/mol. The fourth-order valence-electron chi connectivity index (χ4n) is 2.16. The number of hydrogen-bond acceptors (Lipinski definition) is 2. The van der Waals surface area contributed by atoms with Crippen LogP contribution in [-0.2, 0) is 10.0 Å². The molecule has 5 heteroatoms. The van der Waals surface area contributed by atoms with Gasteiger partial charge in [-0.2, -0.15) is 8.42 Å². The number of nitrogens with zero attached hydrogens (tertiary/aromatic N) is 2. The topological polar surface area (TPSA) is 49.7 Å². The third kappa shape index (κ3) is 3.74. The SMILES string of the molecule is CCN(CC)C(=NS(=O)(=O)c1ccccc1)c1ccccc1. The van der Waals surface area contributed by atoms with Crippen LogP contribution in [0.1, 0.15) is 19.4 Å². The number of rotatable bonds is 5. The monoisotopic (exact) mass is 316 g/mol. The highest BCUT2D eigenvalue weighted by Gasteiger charge is 2.18. The van der Waals surface area contributed by atoms with Gasteiger partial charge in [0.15, 0.2) is 0 Å². The van der Waals surface area contributed by atoms with Crippen molar-refractivity contribution in [2.24, 2.45) is 4.40 Å². The maximum atomic E-state index is 12.5. The van der Waals surface area contributed by atoms with Crippen molar-refractivity contribution in [3.63, 3.8) is 0 Å². The number of benzene rings is 2. The Bertz CT molecular complexity index is 722. The maximum Gasteiger partial charge on any atom is 0.284 e. The van der Waals surface area contributed by atoms with Crippen molar-refractivity contribution in [3.8, 4) is 0 Å². The first-order valence-corrected chi connectivity index (χ1v) is 8.73. The molecule has 0 saturated heterocycles. The number of amidine groups is 1. The van der Waals surface area contributed by atoms with Crippen molar-refractivity contribution in [1.29, 1.82) is 0 Å². The van der Waals surface area contributed by atoms with Crippen LogP contribution in [0, 0.1) is 0 Å². The van der Waals surface area contributed by atoms with Crippen molar-refractivity contribution in [2.45, 2.75) is 18.7 Å². The summed E-state index contributed by atoms with van der Waals surface area (Å²) in [5, 5.41) is 0. The molecule has 0 aliphatic carbocycles. The molecule has 0 saturated carbocycles. The molecule has 0 spiro atoms. The zero-order valence-electron chi connectivity index (χ0n) is 12.8. The molecule has 0 bridgehead atoms. The Labute approximate surface area is 132 Å². The van der Waals surface area contributed by atoms with Gasteiger partial charge in [0, 0.05) is 18.7 Å². The van der Waals surface area contributed by atoms with E-state index in [2.05, 4.69) is 4.40 Å². The lowest BCUT2D eigenvalue weighted by Gasteiger charge is -2.23. The Morgan fingerprint density at radius 1 is 0.909 bits per heavy atom. The Morgan fingerprint density at radius 3 is 1.91 bits per heavy atom. The van der Waals surface area contributed by atoms with E-state index >= 15 is 0 Å². The summed E-state index contributed by atoms with van der Waals surface area (Å²) in [5.74, 6) is 0.481. The fourth-order valence-corrected chi connectivity index (χ4v) is 3.22. The lowest BCUT2D eigenvalue weighted by atomic mass is 10.2. The molecule has 0 amide bonds. The molecule has 0 aliphatic heterocycles. The van der Waals surface area contributed by atoms with E-state index in [4.69, 9.17) is 0 Å². The van der Waals surface area contributed by atoms with Gasteiger partial charge in [-0.1, -0.05) is 48.5 Å². The smallest absolute Gasteiger partial charge is 0.284 e. The Kier molecular flexibility index (Phi) is 5.33. The second-order valence-corrected chi connectivity index (χ2v) is 6.35. The quantitative estimate of drug-likeness (QED) is 0.629. The van der Waals surface area contributed by atoms with Crippen LogP contribution >= 0.6 is 0 Å². The summed E-state index contributed by atoms with van der Waals surface area (Å²) in [5.41, 5.74) is 0.797. The molecular formula is C17H20N2O2S. The molecule has 0 fully saturated rings. The lowest BCUT2D eigenvalue weighted by Crippen LogP contribution is -2.32. The minimum atomic E-state index is -3.73. The van der Waals surface area contributed by atoms with Crippen molar-refractivity contribution >= 4 is 15.9 Å². The molecule has 2 aromatic carbocycles. The molecule has 0 aliphatic rings. The summed E-state index contributed by atoms with van der Waals surface area (Å²) < 4.78 is 29.2. The Morgan fingerprint density at radius 2 is 1.41 bits per heavy atom. The lowest BCUT2D eigenvalue weighted by molar-refractivity contribution is 0.467. The summed E-state index contributed by atoms with van der Waals surface area (Å²) in [6, 6.07) is 17.7. The molecule has 0 unspecified atom stereocenters. The predicted octanol–water partition coefficient (Wildman–Crippen LogP) is 3.16.